The Morgan fingerprint density at radius 1 is 1.50 bits per heavy atom. The summed E-state index contributed by atoms with van der Waals surface area (Å²) in [4.78, 5) is 11.3. The van der Waals surface area contributed by atoms with E-state index in [-0.39, 0.29) is 5.78 Å². The van der Waals surface area contributed by atoms with E-state index in [0.29, 0.717) is 0 Å². The third-order valence-corrected chi connectivity index (χ3v) is 3.03. The molecule has 0 fully saturated rings. The molecule has 1 aliphatic heterocycles. The molecule has 14 heavy (non-hydrogen) atoms. The molecule has 74 valence electrons. The van der Waals surface area contributed by atoms with Crippen molar-refractivity contribution in [3.05, 3.63) is 27.7 Å². The van der Waals surface area contributed by atoms with Gasteiger partial charge in [-0.2, -0.15) is 0 Å². The van der Waals surface area contributed by atoms with Gasteiger partial charge in [0.15, 0.2) is 5.78 Å². The third-order valence-electron chi connectivity index (χ3n) is 2.38. The molecule has 1 aliphatic rings. The van der Waals surface area contributed by atoms with Gasteiger partial charge in [0, 0.05) is 10.0 Å². The molecule has 0 aliphatic carbocycles. The molecular weight excluding hydrogens is 244 g/mol. The standard InChI is InChI=1S/C11H11BrO2/c1-7(13)9-5-8-3-2-4-14-11(8)6-10(9)12/h5-6H,2-4H2,1H3. The van der Waals surface area contributed by atoms with E-state index in [1.54, 1.807) is 6.92 Å². The molecule has 2 nitrogen and oxygen atoms in total. The second-order valence-electron chi connectivity index (χ2n) is 3.45. The number of ketones is 1. The van der Waals surface area contributed by atoms with Crippen LogP contribution in [0, 0.1) is 0 Å². The molecule has 2 rings (SSSR count). The summed E-state index contributed by atoms with van der Waals surface area (Å²) < 4.78 is 6.32. The molecular formula is C11H11BrO2. The molecule has 0 aromatic heterocycles. The normalized spacial score (nSPS) is 14.4. The van der Waals surface area contributed by atoms with Crippen molar-refractivity contribution in [3.8, 4) is 5.75 Å². The van der Waals surface area contributed by atoms with Gasteiger partial charge in [-0.05, 0) is 53.4 Å². The van der Waals surface area contributed by atoms with Crippen LogP contribution in [0.1, 0.15) is 29.3 Å². The van der Waals surface area contributed by atoms with Gasteiger partial charge in [-0.1, -0.05) is 0 Å². The third kappa shape index (κ3) is 1.69. The lowest BCUT2D eigenvalue weighted by molar-refractivity contribution is 0.101. The molecule has 1 heterocycles. The number of hydrogen-bond donors (Lipinski definition) is 0. The number of ether oxygens (including phenoxy) is 1. The quantitative estimate of drug-likeness (QED) is 0.721. The minimum absolute atomic E-state index is 0.0882. The first-order chi connectivity index (χ1) is 6.68. The average molecular weight is 255 g/mol. The summed E-state index contributed by atoms with van der Waals surface area (Å²) in [5.41, 5.74) is 1.89. The van der Waals surface area contributed by atoms with E-state index in [4.69, 9.17) is 4.74 Å². The zero-order valence-corrected chi connectivity index (χ0v) is 9.56. The fraction of sp³-hybridized carbons (Fsp3) is 0.364. The van der Waals surface area contributed by atoms with Crippen molar-refractivity contribution in [3.63, 3.8) is 0 Å². The van der Waals surface area contributed by atoms with Crippen molar-refractivity contribution in [1.82, 2.24) is 0 Å². The van der Waals surface area contributed by atoms with Gasteiger partial charge in [0.05, 0.1) is 6.61 Å². The molecule has 3 heteroatoms. The van der Waals surface area contributed by atoms with Gasteiger partial charge in [-0.15, -0.1) is 0 Å². The van der Waals surface area contributed by atoms with Crippen molar-refractivity contribution in [2.24, 2.45) is 0 Å². The summed E-state index contributed by atoms with van der Waals surface area (Å²) in [6, 6.07) is 3.83. The highest BCUT2D eigenvalue weighted by Gasteiger charge is 2.15. The van der Waals surface area contributed by atoms with Crippen LogP contribution in [0.4, 0.5) is 0 Å². The van der Waals surface area contributed by atoms with Crippen LogP contribution in [0.2, 0.25) is 0 Å². The molecule has 0 bridgehead atoms. The van der Waals surface area contributed by atoms with Crippen LogP contribution in [0.3, 0.4) is 0 Å². The molecule has 0 saturated carbocycles. The average Bonchev–Trinajstić information content (AvgIpc) is 2.16. The number of halogens is 1. The Morgan fingerprint density at radius 2 is 2.29 bits per heavy atom. The lowest BCUT2D eigenvalue weighted by atomic mass is 10.0. The van der Waals surface area contributed by atoms with Crippen LogP contribution in [-0.4, -0.2) is 12.4 Å². The monoisotopic (exact) mass is 254 g/mol. The van der Waals surface area contributed by atoms with Crippen molar-refractivity contribution in [1.29, 1.82) is 0 Å². The Kier molecular flexibility index (Phi) is 2.59. The van der Waals surface area contributed by atoms with Crippen LogP contribution in [0.25, 0.3) is 0 Å². The van der Waals surface area contributed by atoms with Gasteiger partial charge in [0.1, 0.15) is 5.75 Å². The Morgan fingerprint density at radius 3 is 3.00 bits per heavy atom. The largest absolute Gasteiger partial charge is 0.493 e. The van der Waals surface area contributed by atoms with E-state index < -0.39 is 0 Å². The highest BCUT2D eigenvalue weighted by molar-refractivity contribution is 9.10. The molecule has 0 saturated heterocycles. The van der Waals surface area contributed by atoms with Crippen LogP contribution >= 0.6 is 15.9 Å². The highest BCUT2D eigenvalue weighted by Crippen LogP contribution is 2.31. The van der Waals surface area contributed by atoms with Crippen LogP contribution in [0.5, 0.6) is 5.75 Å². The van der Waals surface area contributed by atoms with Gasteiger partial charge in [0.25, 0.3) is 0 Å². The number of Topliss-reactive ketones (excluding diaryl/α,β-unsaturated/α-hetero) is 1. The summed E-state index contributed by atoms with van der Waals surface area (Å²) in [7, 11) is 0. The van der Waals surface area contributed by atoms with Gasteiger partial charge in [0.2, 0.25) is 0 Å². The maximum absolute atomic E-state index is 11.3. The fourth-order valence-electron chi connectivity index (χ4n) is 1.64. The summed E-state index contributed by atoms with van der Waals surface area (Å²) in [6.45, 7) is 2.36. The Balaban J connectivity index is 2.50. The Bertz CT molecular complexity index is 385. The number of fused-ring (bicyclic) bond motifs is 1. The van der Waals surface area contributed by atoms with E-state index >= 15 is 0 Å². The lowest BCUT2D eigenvalue weighted by Gasteiger charge is -2.18. The van der Waals surface area contributed by atoms with Gasteiger partial charge < -0.3 is 4.74 Å². The number of carbonyl (C=O) groups excluding carboxylic acids is 1. The summed E-state index contributed by atoms with van der Waals surface area (Å²) >= 11 is 3.38. The van der Waals surface area contributed by atoms with Crippen LogP contribution < -0.4 is 4.74 Å². The maximum atomic E-state index is 11.3. The van der Waals surface area contributed by atoms with Gasteiger partial charge >= 0.3 is 0 Å². The lowest BCUT2D eigenvalue weighted by Crippen LogP contribution is -2.09. The number of rotatable bonds is 1. The van der Waals surface area contributed by atoms with Crippen LogP contribution in [0.15, 0.2) is 16.6 Å². The number of hydrogen-bond acceptors (Lipinski definition) is 2. The molecule has 1 aromatic rings. The maximum Gasteiger partial charge on any atom is 0.160 e. The summed E-state index contributed by atoms with van der Waals surface area (Å²) in [5, 5.41) is 0. The van der Waals surface area contributed by atoms with Crippen molar-refractivity contribution in [2.75, 3.05) is 6.61 Å². The molecule has 0 atom stereocenters. The summed E-state index contributed by atoms with van der Waals surface area (Å²) in [6.07, 6.45) is 2.04. The van der Waals surface area contributed by atoms with E-state index in [1.165, 1.54) is 0 Å². The minimum atomic E-state index is 0.0882. The van der Waals surface area contributed by atoms with Gasteiger partial charge in [-0.25, -0.2) is 0 Å². The molecule has 0 unspecified atom stereocenters. The second-order valence-corrected chi connectivity index (χ2v) is 4.30. The SMILES string of the molecule is CC(=O)c1cc2c(cc1Br)OCCC2. The van der Waals surface area contributed by atoms with E-state index in [1.807, 2.05) is 12.1 Å². The number of benzene rings is 1. The molecule has 1 aromatic carbocycles. The predicted molar refractivity (Wildman–Crippen MR) is 58.0 cm³/mol. The first-order valence-corrected chi connectivity index (χ1v) is 5.44. The van der Waals surface area contributed by atoms with Crippen molar-refractivity contribution >= 4 is 21.7 Å². The minimum Gasteiger partial charge on any atom is -0.493 e. The Labute approximate surface area is 91.4 Å². The second kappa shape index (κ2) is 3.73. The number of carbonyl (C=O) groups is 1. The molecule has 0 radical (unpaired) electrons. The fourth-order valence-corrected chi connectivity index (χ4v) is 2.25. The van der Waals surface area contributed by atoms with Crippen molar-refractivity contribution in [2.45, 2.75) is 19.8 Å². The Hall–Kier alpha value is -0.830. The first-order valence-electron chi connectivity index (χ1n) is 4.64. The smallest absolute Gasteiger partial charge is 0.160 e. The zero-order valence-electron chi connectivity index (χ0n) is 7.97. The topological polar surface area (TPSA) is 26.3 Å². The highest BCUT2D eigenvalue weighted by atomic mass is 79.9. The van der Waals surface area contributed by atoms with Gasteiger partial charge in [-0.3, -0.25) is 4.79 Å². The first kappa shape index (κ1) is 9.71. The molecule has 0 amide bonds. The van der Waals surface area contributed by atoms with E-state index in [2.05, 4.69) is 15.9 Å². The molecule has 0 N–H and O–H groups in total. The molecule has 0 spiro atoms. The van der Waals surface area contributed by atoms with Crippen molar-refractivity contribution < 1.29 is 9.53 Å². The van der Waals surface area contributed by atoms with E-state index in [0.717, 1.165) is 40.8 Å². The predicted octanol–water partition coefficient (Wildman–Crippen LogP) is 2.98. The number of aryl methyl sites for hydroxylation is 1. The summed E-state index contributed by atoms with van der Waals surface area (Å²) in [5.74, 6) is 0.998. The zero-order chi connectivity index (χ0) is 10.1. The van der Waals surface area contributed by atoms with Crippen LogP contribution in [-0.2, 0) is 6.42 Å². The van der Waals surface area contributed by atoms with E-state index in [9.17, 15) is 4.79 Å².